The van der Waals surface area contributed by atoms with Gasteiger partial charge < -0.3 is 31.2 Å². The topological polar surface area (TPSA) is 195 Å². The van der Waals surface area contributed by atoms with Gasteiger partial charge >= 0.3 is 11.9 Å². The van der Waals surface area contributed by atoms with E-state index in [0.717, 1.165) is 11.1 Å². The Kier molecular flexibility index (Phi) is 8.37. The van der Waals surface area contributed by atoms with Crippen LogP contribution in [0.1, 0.15) is 20.7 Å². The minimum Gasteiger partial charge on any atom is -0.494 e. The molecular formula is C36H28N6O6. The van der Waals surface area contributed by atoms with Crippen molar-refractivity contribution in [1.29, 1.82) is 0 Å². The molecule has 6 N–H and O–H groups in total. The molecule has 0 spiro atoms. The van der Waals surface area contributed by atoms with Crippen molar-refractivity contribution in [3.8, 4) is 22.6 Å². The number of ether oxygens (including phenoxy) is 2. The van der Waals surface area contributed by atoms with E-state index in [4.69, 9.17) is 20.9 Å². The Labute approximate surface area is 273 Å². The van der Waals surface area contributed by atoms with Gasteiger partial charge in [-0.3, -0.25) is 0 Å². The van der Waals surface area contributed by atoms with E-state index in [1.54, 1.807) is 72.8 Å². The second-order valence-corrected chi connectivity index (χ2v) is 10.6. The molecule has 238 valence electrons. The second-order valence-electron chi connectivity index (χ2n) is 10.6. The predicted octanol–water partition coefficient (Wildman–Crippen LogP) is 9.07. The number of carboxylic acids is 2. The summed E-state index contributed by atoms with van der Waals surface area (Å²) in [5.74, 6) is -1.37. The van der Waals surface area contributed by atoms with E-state index in [2.05, 4.69) is 20.5 Å². The molecule has 0 amide bonds. The fourth-order valence-electron chi connectivity index (χ4n) is 5.38. The van der Waals surface area contributed by atoms with Gasteiger partial charge in [-0.15, -0.1) is 20.5 Å². The molecule has 0 aliphatic heterocycles. The van der Waals surface area contributed by atoms with Crippen molar-refractivity contribution in [3.05, 3.63) is 108 Å². The van der Waals surface area contributed by atoms with Crippen molar-refractivity contribution in [2.24, 2.45) is 20.5 Å². The number of nitrogens with zero attached hydrogens (tertiary/aromatic N) is 4. The predicted molar refractivity (Wildman–Crippen MR) is 184 cm³/mol. The van der Waals surface area contributed by atoms with Gasteiger partial charge in [-0.2, -0.15) is 0 Å². The first kappa shape index (κ1) is 31.2. The number of aromatic carboxylic acids is 2. The van der Waals surface area contributed by atoms with Crippen molar-refractivity contribution in [3.63, 3.8) is 0 Å². The van der Waals surface area contributed by atoms with Gasteiger partial charge in [0.15, 0.2) is 0 Å². The number of anilines is 2. The normalized spacial score (nSPS) is 11.5. The first-order valence-electron chi connectivity index (χ1n) is 14.5. The lowest BCUT2D eigenvalue weighted by Gasteiger charge is -2.11. The molecule has 0 saturated carbocycles. The maximum absolute atomic E-state index is 11.9. The number of rotatable bonds is 9. The van der Waals surface area contributed by atoms with E-state index in [1.807, 2.05) is 12.1 Å². The van der Waals surface area contributed by atoms with Crippen molar-refractivity contribution >= 4 is 67.6 Å². The van der Waals surface area contributed by atoms with Gasteiger partial charge in [0.25, 0.3) is 0 Å². The molecule has 0 saturated heterocycles. The molecule has 6 aromatic rings. The zero-order valence-electron chi connectivity index (χ0n) is 25.7. The molecule has 0 unspecified atom stereocenters. The Morgan fingerprint density at radius 3 is 1.23 bits per heavy atom. The van der Waals surface area contributed by atoms with Gasteiger partial charge in [0, 0.05) is 10.8 Å². The minimum atomic E-state index is -1.10. The maximum Gasteiger partial charge on any atom is 0.336 e. The second kappa shape index (κ2) is 12.9. The van der Waals surface area contributed by atoms with E-state index in [9.17, 15) is 19.8 Å². The third-order valence-electron chi connectivity index (χ3n) is 7.81. The third-order valence-corrected chi connectivity index (χ3v) is 7.81. The summed E-state index contributed by atoms with van der Waals surface area (Å²) < 4.78 is 11.2. The SMILES string of the molecule is COc1cc(-c2ccc(/N=N/c3cc(C(=O)O)c4ccccc4c3N)c(OC)c2)ccc1/N=N/c1cc(C(=O)O)c2ccccc2c1N. The van der Waals surface area contributed by atoms with Crippen LogP contribution in [0.5, 0.6) is 11.5 Å². The number of benzene rings is 6. The zero-order chi connectivity index (χ0) is 33.9. The van der Waals surface area contributed by atoms with E-state index in [0.29, 0.717) is 55.8 Å². The van der Waals surface area contributed by atoms with Crippen molar-refractivity contribution in [1.82, 2.24) is 0 Å². The quantitative estimate of drug-likeness (QED) is 0.0886. The number of carbonyl (C=O) groups is 2. The standard InChI is InChI=1S/C36H28N6O6/c1-47-31-15-19(11-13-27(31)39-41-29-17-25(35(43)44)21-7-3-5-9-23(21)33(29)37)20-12-14-28(32(16-20)48-2)40-42-30-18-26(36(45)46)22-8-4-6-10-24(22)34(30)38/h3-18H,37-38H2,1-2H3,(H,43,44)(H,45,46)/b41-39+,42-40+. The molecule has 0 radical (unpaired) electrons. The van der Waals surface area contributed by atoms with Gasteiger partial charge in [0.2, 0.25) is 0 Å². The van der Waals surface area contributed by atoms with E-state index < -0.39 is 11.9 Å². The van der Waals surface area contributed by atoms with Crippen LogP contribution in [0, 0.1) is 0 Å². The molecule has 0 aromatic heterocycles. The number of carboxylic acid groups (broad SMARTS) is 2. The monoisotopic (exact) mass is 640 g/mol. The number of hydrogen-bond donors (Lipinski definition) is 4. The fraction of sp³-hybridized carbons (Fsp3) is 0.0556. The molecule has 0 heterocycles. The zero-order valence-corrected chi connectivity index (χ0v) is 25.7. The lowest BCUT2D eigenvalue weighted by Crippen LogP contribution is -1.99. The maximum atomic E-state index is 11.9. The lowest BCUT2D eigenvalue weighted by molar-refractivity contribution is 0.0688. The number of fused-ring (bicyclic) bond motifs is 2. The van der Waals surface area contributed by atoms with E-state index >= 15 is 0 Å². The van der Waals surface area contributed by atoms with Crippen LogP contribution in [-0.2, 0) is 0 Å². The molecule has 0 bridgehead atoms. The Bertz CT molecular complexity index is 2160. The van der Waals surface area contributed by atoms with Crippen LogP contribution in [0.2, 0.25) is 0 Å². The van der Waals surface area contributed by atoms with Crippen LogP contribution in [0.4, 0.5) is 34.1 Å². The number of methoxy groups -OCH3 is 2. The Hall–Kier alpha value is -6.82. The van der Waals surface area contributed by atoms with Gasteiger partial charge in [-0.25, -0.2) is 9.59 Å². The third kappa shape index (κ3) is 5.81. The molecule has 6 aromatic carbocycles. The number of azo groups is 2. The van der Waals surface area contributed by atoms with E-state index in [-0.39, 0.29) is 22.5 Å². The summed E-state index contributed by atoms with van der Waals surface area (Å²) in [5, 5.41) is 38.8. The van der Waals surface area contributed by atoms with Gasteiger partial charge in [0.1, 0.15) is 34.2 Å². The highest BCUT2D eigenvalue weighted by Crippen LogP contribution is 2.40. The molecule has 48 heavy (non-hydrogen) atoms. The first-order chi connectivity index (χ1) is 23.2. The Morgan fingerprint density at radius 1 is 0.521 bits per heavy atom. The lowest BCUT2D eigenvalue weighted by atomic mass is 10.0. The smallest absolute Gasteiger partial charge is 0.336 e. The van der Waals surface area contributed by atoms with Crippen LogP contribution in [0.15, 0.2) is 118 Å². The van der Waals surface area contributed by atoms with Crippen LogP contribution in [-0.4, -0.2) is 36.4 Å². The molecule has 12 nitrogen and oxygen atoms in total. The van der Waals surface area contributed by atoms with Gasteiger partial charge in [-0.05, 0) is 58.3 Å². The summed E-state index contributed by atoms with van der Waals surface area (Å²) >= 11 is 0. The first-order valence-corrected chi connectivity index (χ1v) is 14.5. The summed E-state index contributed by atoms with van der Waals surface area (Å²) in [4.78, 5) is 23.8. The molecule has 6 rings (SSSR count). The Balaban J connectivity index is 1.30. The molecule has 12 heteroatoms. The molecule has 0 fully saturated rings. The average molecular weight is 641 g/mol. The highest BCUT2D eigenvalue weighted by molar-refractivity contribution is 6.11. The molecule has 0 atom stereocenters. The number of nitrogen functional groups attached to an aromatic ring is 2. The summed E-state index contributed by atoms with van der Waals surface area (Å²) in [6.07, 6.45) is 0. The fourth-order valence-corrected chi connectivity index (χ4v) is 5.38. The van der Waals surface area contributed by atoms with Crippen LogP contribution >= 0.6 is 0 Å². The van der Waals surface area contributed by atoms with E-state index in [1.165, 1.54) is 26.4 Å². The van der Waals surface area contributed by atoms with Crippen molar-refractivity contribution in [2.45, 2.75) is 0 Å². The Morgan fingerprint density at radius 2 is 0.875 bits per heavy atom. The molecule has 0 aliphatic rings. The number of nitrogens with two attached hydrogens (primary N) is 2. The highest BCUT2D eigenvalue weighted by Gasteiger charge is 2.17. The summed E-state index contributed by atoms with van der Waals surface area (Å²) in [5.41, 5.74) is 16.2. The minimum absolute atomic E-state index is 0.0683. The summed E-state index contributed by atoms with van der Waals surface area (Å²) in [7, 11) is 3.01. The van der Waals surface area contributed by atoms with Gasteiger partial charge in [-0.1, -0.05) is 60.7 Å². The summed E-state index contributed by atoms with van der Waals surface area (Å²) in [6.45, 7) is 0. The largest absolute Gasteiger partial charge is 0.494 e. The van der Waals surface area contributed by atoms with Crippen LogP contribution in [0.3, 0.4) is 0 Å². The average Bonchev–Trinajstić information content (AvgIpc) is 3.10. The summed E-state index contributed by atoms with van der Waals surface area (Å²) in [6, 6.07) is 27.3. The van der Waals surface area contributed by atoms with Crippen LogP contribution < -0.4 is 20.9 Å². The molecular weight excluding hydrogens is 612 g/mol. The van der Waals surface area contributed by atoms with Crippen LogP contribution in [0.25, 0.3) is 32.7 Å². The number of hydrogen-bond acceptors (Lipinski definition) is 10. The molecule has 0 aliphatic carbocycles. The highest BCUT2D eigenvalue weighted by atomic mass is 16.5. The van der Waals surface area contributed by atoms with Crippen molar-refractivity contribution < 1.29 is 29.3 Å². The van der Waals surface area contributed by atoms with Crippen molar-refractivity contribution in [2.75, 3.05) is 25.7 Å². The van der Waals surface area contributed by atoms with Gasteiger partial charge in [0.05, 0.1) is 36.7 Å².